The van der Waals surface area contributed by atoms with Gasteiger partial charge < -0.3 is 29.0 Å². The van der Waals surface area contributed by atoms with Crippen LogP contribution in [0.3, 0.4) is 0 Å². The van der Waals surface area contributed by atoms with Gasteiger partial charge in [-0.2, -0.15) is 0 Å². The third-order valence-electron chi connectivity index (χ3n) is 5.43. The van der Waals surface area contributed by atoms with Crippen LogP contribution < -0.4 is 29.0 Å². The molecule has 0 saturated heterocycles. The first kappa shape index (κ1) is 22.6. The Morgan fingerprint density at radius 1 is 1.06 bits per heavy atom. The minimum atomic E-state index is -0.125. The van der Waals surface area contributed by atoms with Gasteiger partial charge in [-0.3, -0.25) is 4.79 Å². The number of unbranched alkanes of at least 4 members (excludes halogenated alkanes) is 2. The van der Waals surface area contributed by atoms with E-state index in [0.717, 1.165) is 42.7 Å². The molecule has 1 unspecified atom stereocenters. The van der Waals surface area contributed by atoms with Gasteiger partial charge in [0.05, 0.1) is 21.3 Å². The third-order valence-corrected chi connectivity index (χ3v) is 5.43. The molecule has 7 heteroatoms. The summed E-state index contributed by atoms with van der Waals surface area (Å²) in [6.07, 6.45) is 4.46. The van der Waals surface area contributed by atoms with Crippen molar-refractivity contribution in [1.82, 2.24) is 0 Å². The van der Waals surface area contributed by atoms with E-state index in [1.165, 1.54) is 0 Å². The summed E-state index contributed by atoms with van der Waals surface area (Å²) >= 11 is 0. The summed E-state index contributed by atoms with van der Waals surface area (Å²) in [5, 5.41) is 2.97. The first-order valence-corrected chi connectivity index (χ1v) is 10.6. The summed E-state index contributed by atoms with van der Waals surface area (Å²) in [5.41, 5.74) is 1.50. The van der Waals surface area contributed by atoms with Gasteiger partial charge in [-0.25, -0.2) is 0 Å². The summed E-state index contributed by atoms with van der Waals surface area (Å²) in [5.74, 6) is 2.90. The number of hydrogen-bond acceptors (Lipinski definition) is 6. The molecule has 1 amide bonds. The molecule has 2 aromatic rings. The number of para-hydroxylation sites is 1. The molecule has 7 nitrogen and oxygen atoms in total. The number of carbonyl (C=O) groups excluding carboxylic acids is 1. The maximum Gasteiger partial charge on any atom is 0.231 e. The summed E-state index contributed by atoms with van der Waals surface area (Å²) in [6, 6.07) is 9.29. The standard InChI is InChI=1S/C24H31NO6/c1-5-6-7-9-16(18-10-8-11-19-24(18)31-15-30-19)12-22(26)25-23-20(28-3)13-17(27-2)14-21(23)29-4/h8,10-11,13-14,16H,5-7,9,12,15H2,1-4H3,(H,25,26). The topological polar surface area (TPSA) is 75.3 Å². The van der Waals surface area contributed by atoms with Crippen LogP contribution >= 0.6 is 0 Å². The molecule has 2 aromatic carbocycles. The first-order chi connectivity index (χ1) is 15.1. The second-order valence-corrected chi connectivity index (χ2v) is 7.43. The summed E-state index contributed by atoms with van der Waals surface area (Å²) in [7, 11) is 4.65. The van der Waals surface area contributed by atoms with Crippen LogP contribution in [0, 0.1) is 0 Å². The van der Waals surface area contributed by atoms with Crippen molar-refractivity contribution in [3.8, 4) is 28.7 Å². The van der Waals surface area contributed by atoms with Gasteiger partial charge in [-0.15, -0.1) is 0 Å². The van der Waals surface area contributed by atoms with Crippen LogP contribution in [0.5, 0.6) is 28.7 Å². The minimum absolute atomic E-state index is 0.0124. The van der Waals surface area contributed by atoms with E-state index in [4.69, 9.17) is 23.7 Å². The number of carbonyl (C=O) groups is 1. The van der Waals surface area contributed by atoms with Crippen LogP contribution in [0.25, 0.3) is 0 Å². The van der Waals surface area contributed by atoms with E-state index in [1.54, 1.807) is 33.5 Å². The predicted molar refractivity (Wildman–Crippen MR) is 119 cm³/mol. The summed E-state index contributed by atoms with van der Waals surface area (Å²) in [6.45, 7) is 2.38. The fourth-order valence-electron chi connectivity index (χ4n) is 3.83. The summed E-state index contributed by atoms with van der Waals surface area (Å²) < 4.78 is 27.4. The van der Waals surface area contributed by atoms with Crippen LogP contribution in [0.15, 0.2) is 30.3 Å². The van der Waals surface area contributed by atoms with Gasteiger partial charge in [-0.1, -0.05) is 38.3 Å². The van der Waals surface area contributed by atoms with E-state index < -0.39 is 0 Å². The van der Waals surface area contributed by atoms with E-state index in [-0.39, 0.29) is 18.6 Å². The molecule has 0 saturated carbocycles. The molecule has 0 bridgehead atoms. The Kier molecular flexibility index (Phi) is 7.87. The molecular weight excluding hydrogens is 398 g/mol. The number of benzene rings is 2. The van der Waals surface area contributed by atoms with Gasteiger partial charge in [0.25, 0.3) is 0 Å². The molecule has 0 fully saturated rings. The van der Waals surface area contributed by atoms with Crippen LogP contribution in [0.2, 0.25) is 0 Å². The van der Waals surface area contributed by atoms with Crippen LogP contribution in [0.4, 0.5) is 5.69 Å². The van der Waals surface area contributed by atoms with E-state index in [9.17, 15) is 4.79 Å². The minimum Gasteiger partial charge on any atom is -0.496 e. The Morgan fingerprint density at radius 3 is 2.45 bits per heavy atom. The Labute approximate surface area is 183 Å². The zero-order valence-electron chi connectivity index (χ0n) is 18.7. The maximum atomic E-state index is 13.1. The number of amides is 1. The predicted octanol–water partition coefficient (Wildman–Crippen LogP) is 5.13. The molecule has 1 N–H and O–H groups in total. The van der Waals surface area contributed by atoms with Crippen molar-refractivity contribution in [2.45, 2.75) is 44.9 Å². The van der Waals surface area contributed by atoms with Crippen molar-refractivity contribution >= 4 is 11.6 Å². The van der Waals surface area contributed by atoms with Gasteiger partial charge >= 0.3 is 0 Å². The van der Waals surface area contributed by atoms with Crippen molar-refractivity contribution in [2.75, 3.05) is 33.4 Å². The Bertz CT molecular complexity index is 873. The molecule has 1 atom stereocenters. The lowest BCUT2D eigenvalue weighted by Gasteiger charge is -2.20. The normalized spacial score (nSPS) is 12.9. The molecule has 1 aliphatic rings. The second-order valence-electron chi connectivity index (χ2n) is 7.43. The van der Waals surface area contributed by atoms with Crippen molar-refractivity contribution in [3.63, 3.8) is 0 Å². The highest BCUT2D eigenvalue weighted by atomic mass is 16.7. The molecule has 1 aliphatic heterocycles. The molecule has 0 spiro atoms. The number of fused-ring (bicyclic) bond motifs is 1. The molecule has 31 heavy (non-hydrogen) atoms. The molecule has 0 aliphatic carbocycles. The highest BCUT2D eigenvalue weighted by Gasteiger charge is 2.26. The lowest BCUT2D eigenvalue weighted by Crippen LogP contribution is -2.17. The highest BCUT2D eigenvalue weighted by Crippen LogP contribution is 2.43. The fraction of sp³-hybridized carbons (Fsp3) is 0.458. The number of rotatable bonds is 11. The molecule has 168 valence electrons. The van der Waals surface area contributed by atoms with Crippen molar-refractivity contribution in [3.05, 3.63) is 35.9 Å². The van der Waals surface area contributed by atoms with E-state index >= 15 is 0 Å². The Morgan fingerprint density at radius 2 is 1.81 bits per heavy atom. The van der Waals surface area contributed by atoms with E-state index in [1.807, 2.05) is 18.2 Å². The monoisotopic (exact) mass is 429 g/mol. The number of hydrogen-bond donors (Lipinski definition) is 1. The lowest BCUT2D eigenvalue weighted by molar-refractivity contribution is -0.116. The maximum absolute atomic E-state index is 13.1. The van der Waals surface area contributed by atoms with Crippen molar-refractivity contribution in [1.29, 1.82) is 0 Å². The molecule has 0 radical (unpaired) electrons. The smallest absolute Gasteiger partial charge is 0.231 e. The third kappa shape index (κ3) is 5.34. The van der Waals surface area contributed by atoms with Gasteiger partial charge in [0.1, 0.15) is 22.9 Å². The van der Waals surface area contributed by atoms with Crippen LogP contribution in [0.1, 0.15) is 50.5 Å². The molecule has 1 heterocycles. The highest BCUT2D eigenvalue weighted by molar-refractivity contribution is 5.95. The lowest BCUT2D eigenvalue weighted by atomic mass is 9.89. The number of ether oxygens (including phenoxy) is 5. The van der Waals surface area contributed by atoms with E-state index in [2.05, 4.69) is 12.2 Å². The van der Waals surface area contributed by atoms with Gasteiger partial charge in [-0.05, 0) is 18.4 Å². The number of methoxy groups -OCH3 is 3. The van der Waals surface area contributed by atoms with Crippen LogP contribution in [-0.2, 0) is 4.79 Å². The van der Waals surface area contributed by atoms with Crippen LogP contribution in [-0.4, -0.2) is 34.0 Å². The van der Waals surface area contributed by atoms with Gasteiger partial charge in [0, 0.05) is 24.1 Å². The Hall–Kier alpha value is -3.09. The summed E-state index contributed by atoms with van der Waals surface area (Å²) in [4.78, 5) is 13.1. The quantitative estimate of drug-likeness (QED) is 0.499. The SMILES string of the molecule is CCCCCC(CC(=O)Nc1c(OC)cc(OC)cc1OC)c1cccc2c1OCO2. The second kappa shape index (κ2) is 10.8. The average Bonchev–Trinajstić information content (AvgIpc) is 3.27. The van der Waals surface area contributed by atoms with Crippen molar-refractivity contribution < 1.29 is 28.5 Å². The first-order valence-electron chi connectivity index (χ1n) is 10.6. The molecule has 3 rings (SSSR count). The number of anilines is 1. The van der Waals surface area contributed by atoms with Gasteiger partial charge in [0.2, 0.25) is 12.7 Å². The molecule has 0 aromatic heterocycles. The average molecular weight is 430 g/mol. The Balaban J connectivity index is 1.82. The van der Waals surface area contributed by atoms with Gasteiger partial charge in [0.15, 0.2) is 11.5 Å². The largest absolute Gasteiger partial charge is 0.496 e. The fourth-order valence-corrected chi connectivity index (χ4v) is 3.83. The van der Waals surface area contributed by atoms with E-state index in [0.29, 0.717) is 29.4 Å². The number of nitrogens with one attached hydrogen (secondary N) is 1. The molecular formula is C24H31NO6. The van der Waals surface area contributed by atoms with Crippen molar-refractivity contribution in [2.24, 2.45) is 0 Å². The zero-order valence-corrected chi connectivity index (χ0v) is 18.7. The zero-order chi connectivity index (χ0) is 22.2.